The molecule has 0 saturated heterocycles. The Hall–Kier alpha value is -0.770. The summed E-state index contributed by atoms with van der Waals surface area (Å²) >= 11 is 5.84. The molecule has 0 aliphatic carbocycles. The molecule has 0 spiro atoms. The van der Waals surface area contributed by atoms with Crippen LogP contribution in [0.3, 0.4) is 0 Å². The maximum absolute atomic E-state index is 11.3. The molecule has 5 heteroatoms. The van der Waals surface area contributed by atoms with Crippen LogP contribution in [0.25, 0.3) is 0 Å². The molecular weight excluding hydrogens is 261 g/mol. The van der Waals surface area contributed by atoms with E-state index in [9.17, 15) is 4.79 Å². The van der Waals surface area contributed by atoms with E-state index in [1.807, 2.05) is 19.1 Å². The van der Waals surface area contributed by atoms with Gasteiger partial charge in [0.05, 0.1) is 13.0 Å². The maximum atomic E-state index is 11.3. The second-order valence-corrected chi connectivity index (χ2v) is 4.05. The van der Waals surface area contributed by atoms with Crippen LogP contribution in [-0.2, 0) is 9.53 Å². The molecule has 1 aromatic rings. The van der Waals surface area contributed by atoms with Crippen molar-refractivity contribution in [3.05, 3.63) is 34.3 Å². The molecule has 1 aromatic carbocycles. The van der Waals surface area contributed by atoms with Crippen LogP contribution in [0.1, 0.15) is 30.5 Å². The van der Waals surface area contributed by atoms with Crippen molar-refractivity contribution in [1.82, 2.24) is 0 Å². The Kier molecular flexibility index (Phi) is 7.19. The van der Waals surface area contributed by atoms with Crippen LogP contribution in [0.2, 0.25) is 5.02 Å². The van der Waals surface area contributed by atoms with Crippen molar-refractivity contribution in [1.29, 1.82) is 0 Å². The number of benzene rings is 1. The zero-order chi connectivity index (χ0) is 12.1. The van der Waals surface area contributed by atoms with Crippen molar-refractivity contribution in [2.75, 3.05) is 6.61 Å². The fourth-order valence-corrected chi connectivity index (χ4v) is 1.79. The van der Waals surface area contributed by atoms with Gasteiger partial charge in [0.1, 0.15) is 0 Å². The molecule has 0 radical (unpaired) electrons. The van der Waals surface area contributed by atoms with Crippen molar-refractivity contribution in [3.63, 3.8) is 0 Å². The lowest BCUT2D eigenvalue weighted by molar-refractivity contribution is -0.143. The highest BCUT2D eigenvalue weighted by molar-refractivity contribution is 6.30. The summed E-state index contributed by atoms with van der Waals surface area (Å²) in [4.78, 5) is 11.3. The van der Waals surface area contributed by atoms with E-state index in [1.165, 1.54) is 0 Å². The molecule has 0 aromatic heterocycles. The first-order chi connectivity index (χ1) is 7.54. The second kappa shape index (κ2) is 7.54. The minimum Gasteiger partial charge on any atom is -0.466 e. The summed E-state index contributed by atoms with van der Waals surface area (Å²) in [5, 5.41) is 0.671. The number of hydrogen-bond donors (Lipinski definition) is 1. The molecule has 1 atom stereocenters. The number of halogens is 2. The summed E-state index contributed by atoms with van der Waals surface area (Å²) in [5.41, 5.74) is 7.85. The third-order valence-electron chi connectivity index (χ3n) is 2.32. The van der Waals surface area contributed by atoms with Gasteiger partial charge in [-0.2, -0.15) is 0 Å². The van der Waals surface area contributed by atoms with E-state index in [0.717, 1.165) is 11.1 Å². The van der Waals surface area contributed by atoms with Crippen LogP contribution in [0.15, 0.2) is 18.2 Å². The van der Waals surface area contributed by atoms with Crippen molar-refractivity contribution >= 4 is 30.0 Å². The van der Waals surface area contributed by atoms with Crippen molar-refractivity contribution in [2.24, 2.45) is 5.73 Å². The van der Waals surface area contributed by atoms with Crippen LogP contribution in [0, 0.1) is 6.92 Å². The zero-order valence-electron chi connectivity index (χ0n) is 9.90. The monoisotopic (exact) mass is 277 g/mol. The Morgan fingerprint density at radius 3 is 2.71 bits per heavy atom. The first kappa shape index (κ1) is 16.2. The lowest BCUT2D eigenvalue weighted by Crippen LogP contribution is -2.18. The molecule has 17 heavy (non-hydrogen) atoms. The van der Waals surface area contributed by atoms with Crippen molar-refractivity contribution < 1.29 is 9.53 Å². The second-order valence-electron chi connectivity index (χ2n) is 3.62. The SMILES string of the molecule is CCOC(=O)C[C@@H](N)c1ccc(Cl)cc1C.Cl. The summed E-state index contributed by atoms with van der Waals surface area (Å²) in [6, 6.07) is 5.12. The number of hydrogen-bond acceptors (Lipinski definition) is 3. The Morgan fingerprint density at radius 2 is 2.18 bits per heavy atom. The average Bonchev–Trinajstić information content (AvgIpc) is 2.17. The lowest BCUT2D eigenvalue weighted by atomic mass is 10.00. The van der Waals surface area contributed by atoms with E-state index in [-0.39, 0.29) is 30.8 Å². The molecule has 96 valence electrons. The number of carbonyl (C=O) groups is 1. The van der Waals surface area contributed by atoms with Gasteiger partial charge >= 0.3 is 5.97 Å². The molecule has 0 unspecified atom stereocenters. The standard InChI is InChI=1S/C12H16ClNO2.ClH/c1-3-16-12(15)7-11(14)10-5-4-9(13)6-8(10)2;/h4-6,11H,3,7,14H2,1-2H3;1H/t11-;/m1./s1. The maximum Gasteiger partial charge on any atom is 0.307 e. The van der Waals surface area contributed by atoms with E-state index in [1.54, 1.807) is 13.0 Å². The third-order valence-corrected chi connectivity index (χ3v) is 2.56. The van der Waals surface area contributed by atoms with Gasteiger partial charge < -0.3 is 10.5 Å². The van der Waals surface area contributed by atoms with Gasteiger partial charge in [0.25, 0.3) is 0 Å². The Morgan fingerprint density at radius 1 is 1.53 bits per heavy atom. The number of aryl methyl sites for hydroxylation is 1. The van der Waals surface area contributed by atoms with Gasteiger partial charge in [0.2, 0.25) is 0 Å². The summed E-state index contributed by atoms with van der Waals surface area (Å²) in [6.45, 7) is 4.08. The summed E-state index contributed by atoms with van der Waals surface area (Å²) in [7, 11) is 0. The Bertz CT molecular complexity index is 383. The molecule has 3 nitrogen and oxygen atoms in total. The van der Waals surface area contributed by atoms with E-state index >= 15 is 0 Å². The molecule has 2 N–H and O–H groups in total. The topological polar surface area (TPSA) is 52.3 Å². The molecule has 0 fully saturated rings. The summed E-state index contributed by atoms with van der Waals surface area (Å²) < 4.78 is 4.85. The van der Waals surface area contributed by atoms with Crippen LogP contribution >= 0.6 is 24.0 Å². The van der Waals surface area contributed by atoms with Crippen LogP contribution in [0.5, 0.6) is 0 Å². The molecular formula is C12H17Cl2NO2. The largest absolute Gasteiger partial charge is 0.466 e. The third kappa shape index (κ3) is 4.94. The molecule has 0 aliphatic heterocycles. The minimum atomic E-state index is -0.337. The normalized spacial score (nSPS) is 11.5. The van der Waals surface area contributed by atoms with Gasteiger partial charge in [-0.15, -0.1) is 12.4 Å². The van der Waals surface area contributed by atoms with Gasteiger partial charge in [-0.3, -0.25) is 4.79 Å². The molecule has 1 rings (SSSR count). The van der Waals surface area contributed by atoms with Gasteiger partial charge in [-0.25, -0.2) is 0 Å². The number of nitrogens with two attached hydrogens (primary N) is 1. The molecule has 0 amide bonds. The lowest BCUT2D eigenvalue weighted by Gasteiger charge is -2.14. The van der Waals surface area contributed by atoms with Gasteiger partial charge in [0, 0.05) is 11.1 Å². The van der Waals surface area contributed by atoms with Crippen LogP contribution < -0.4 is 5.73 Å². The predicted molar refractivity (Wildman–Crippen MR) is 71.6 cm³/mol. The first-order valence-corrected chi connectivity index (χ1v) is 5.59. The Balaban J connectivity index is 0.00000256. The van der Waals surface area contributed by atoms with E-state index < -0.39 is 0 Å². The highest BCUT2D eigenvalue weighted by atomic mass is 35.5. The van der Waals surface area contributed by atoms with Crippen LogP contribution in [-0.4, -0.2) is 12.6 Å². The number of esters is 1. The van der Waals surface area contributed by atoms with Gasteiger partial charge in [-0.05, 0) is 37.1 Å². The number of ether oxygens (including phenoxy) is 1. The predicted octanol–water partition coefficient (Wildman–Crippen LogP) is 3.02. The first-order valence-electron chi connectivity index (χ1n) is 5.21. The Labute approximate surface area is 113 Å². The molecule has 0 bridgehead atoms. The molecule has 0 aliphatic rings. The molecule has 0 saturated carbocycles. The van der Waals surface area contributed by atoms with Crippen LogP contribution in [0.4, 0.5) is 0 Å². The van der Waals surface area contributed by atoms with E-state index in [0.29, 0.717) is 11.6 Å². The van der Waals surface area contributed by atoms with Gasteiger partial charge in [0.15, 0.2) is 0 Å². The summed E-state index contributed by atoms with van der Waals surface area (Å²) in [5.74, 6) is -0.274. The van der Waals surface area contributed by atoms with E-state index in [4.69, 9.17) is 22.1 Å². The quantitative estimate of drug-likeness (QED) is 0.861. The smallest absolute Gasteiger partial charge is 0.307 e. The highest BCUT2D eigenvalue weighted by Gasteiger charge is 2.14. The summed E-state index contributed by atoms with van der Waals surface area (Å²) in [6.07, 6.45) is 0.191. The van der Waals surface area contributed by atoms with Crippen molar-refractivity contribution in [2.45, 2.75) is 26.3 Å². The fourth-order valence-electron chi connectivity index (χ4n) is 1.56. The average molecular weight is 278 g/mol. The van der Waals surface area contributed by atoms with Gasteiger partial charge in [-0.1, -0.05) is 17.7 Å². The number of carbonyl (C=O) groups excluding carboxylic acids is 1. The van der Waals surface area contributed by atoms with Crippen molar-refractivity contribution in [3.8, 4) is 0 Å². The molecule has 0 heterocycles. The fraction of sp³-hybridized carbons (Fsp3) is 0.417. The zero-order valence-corrected chi connectivity index (χ0v) is 11.5. The van der Waals surface area contributed by atoms with E-state index in [2.05, 4.69) is 0 Å². The highest BCUT2D eigenvalue weighted by Crippen LogP contribution is 2.22. The minimum absolute atomic E-state index is 0. The number of rotatable bonds is 4.